The Kier molecular flexibility index (Phi) is 5.39. The SMILES string of the molecule is Cc1c(CN2CCCC2)cccc1-c1cccc(CN2CCNC2)c1C. The van der Waals surface area contributed by atoms with Crippen LogP contribution in [0.3, 0.4) is 0 Å². The molecule has 2 fully saturated rings. The predicted molar refractivity (Wildman–Crippen MR) is 109 cm³/mol. The molecule has 3 heteroatoms. The highest BCUT2D eigenvalue weighted by molar-refractivity contribution is 5.72. The third-order valence-corrected chi connectivity index (χ3v) is 6.11. The maximum atomic E-state index is 3.43. The second-order valence-corrected chi connectivity index (χ2v) is 7.87. The van der Waals surface area contributed by atoms with Crippen LogP contribution in [0.4, 0.5) is 0 Å². The molecule has 2 aromatic rings. The zero-order valence-electron chi connectivity index (χ0n) is 16.2. The molecule has 4 rings (SSSR count). The van der Waals surface area contributed by atoms with Gasteiger partial charge in [0.1, 0.15) is 0 Å². The van der Waals surface area contributed by atoms with Gasteiger partial charge in [-0.15, -0.1) is 0 Å². The van der Waals surface area contributed by atoms with Gasteiger partial charge in [-0.3, -0.25) is 9.80 Å². The lowest BCUT2D eigenvalue weighted by molar-refractivity contribution is 0.327. The van der Waals surface area contributed by atoms with Gasteiger partial charge in [0.2, 0.25) is 0 Å². The van der Waals surface area contributed by atoms with E-state index in [0.29, 0.717) is 0 Å². The molecule has 0 unspecified atom stereocenters. The highest BCUT2D eigenvalue weighted by Crippen LogP contribution is 2.31. The Morgan fingerprint density at radius 3 is 1.88 bits per heavy atom. The zero-order valence-corrected chi connectivity index (χ0v) is 16.2. The van der Waals surface area contributed by atoms with Crippen LogP contribution in [0.5, 0.6) is 0 Å². The summed E-state index contributed by atoms with van der Waals surface area (Å²) in [7, 11) is 0. The molecule has 0 amide bonds. The van der Waals surface area contributed by atoms with E-state index in [9.17, 15) is 0 Å². The first kappa shape index (κ1) is 17.7. The summed E-state index contributed by atoms with van der Waals surface area (Å²) in [5.41, 5.74) is 8.62. The lowest BCUT2D eigenvalue weighted by atomic mass is 9.91. The van der Waals surface area contributed by atoms with Gasteiger partial charge in [-0.2, -0.15) is 0 Å². The summed E-state index contributed by atoms with van der Waals surface area (Å²) in [4.78, 5) is 5.08. The van der Waals surface area contributed by atoms with E-state index in [1.807, 2.05) is 0 Å². The average molecular weight is 350 g/mol. The quantitative estimate of drug-likeness (QED) is 0.882. The molecular weight excluding hydrogens is 318 g/mol. The van der Waals surface area contributed by atoms with Gasteiger partial charge < -0.3 is 5.32 Å². The average Bonchev–Trinajstić information content (AvgIpc) is 3.33. The summed E-state index contributed by atoms with van der Waals surface area (Å²) in [6.45, 7) is 12.5. The molecule has 0 spiro atoms. The molecule has 26 heavy (non-hydrogen) atoms. The van der Waals surface area contributed by atoms with Crippen LogP contribution < -0.4 is 5.32 Å². The van der Waals surface area contributed by atoms with Crippen molar-refractivity contribution in [3.05, 3.63) is 58.7 Å². The van der Waals surface area contributed by atoms with Crippen molar-refractivity contribution in [3.63, 3.8) is 0 Å². The number of hydrogen-bond acceptors (Lipinski definition) is 3. The lowest BCUT2D eigenvalue weighted by Gasteiger charge is -2.21. The van der Waals surface area contributed by atoms with E-state index in [0.717, 1.165) is 32.8 Å². The van der Waals surface area contributed by atoms with E-state index >= 15 is 0 Å². The van der Waals surface area contributed by atoms with Crippen LogP contribution >= 0.6 is 0 Å². The van der Waals surface area contributed by atoms with Crippen LogP contribution in [-0.2, 0) is 13.1 Å². The molecule has 2 aliphatic rings. The van der Waals surface area contributed by atoms with Crippen molar-refractivity contribution in [1.82, 2.24) is 15.1 Å². The van der Waals surface area contributed by atoms with Gasteiger partial charge in [0.05, 0.1) is 0 Å². The lowest BCUT2D eigenvalue weighted by Crippen LogP contribution is -2.22. The maximum absolute atomic E-state index is 3.43. The Labute approximate surface area is 158 Å². The van der Waals surface area contributed by atoms with E-state index < -0.39 is 0 Å². The molecule has 2 aromatic carbocycles. The fourth-order valence-corrected chi connectivity index (χ4v) is 4.40. The number of nitrogens with one attached hydrogen (secondary N) is 1. The highest BCUT2D eigenvalue weighted by Gasteiger charge is 2.17. The normalized spacial score (nSPS) is 18.7. The summed E-state index contributed by atoms with van der Waals surface area (Å²) in [6.07, 6.45) is 2.70. The van der Waals surface area contributed by atoms with E-state index in [4.69, 9.17) is 0 Å². The van der Waals surface area contributed by atoms with Gasteiger partial charge in [-0.05, 0) is 73.2 Å². The Morgan fingerprint density at radius 2 is 1.35 bits per heavy atom. The molecule has 2 heterocycles. The first-order valence-corrected chi connectivity index (χ1v) is 10.0. The van der Waals surface area contributed by atoms with Gasteiger partial charge >= 0.3 is 0 Å². The summed E-state index contributed by atoms with van der Waals surface area (Å²) in [6, 6.07) is 13.7. The third kappa shape index (κ3) is 3.71. The molecular formula is C23H31N3. The molecule has 1 N–H and O–H groups in total. The van der Waals surface area contributed by atoms with Gasteiger partial charge in [0.15, 0.2) is 0 Å². The minimum absolute atomic E-state index is 1.01. The van der Waals surface area contributed by atoms with Crippen LogP contribution in [0.1, 0.15) is 35.1 Å². The molecule has 0 radical (unpaired) electrons. The fourth-order valence-electron chi connectivity index (χ4n) is 4.40. The largest absolute Gasteiger partial charge is 0.303 e. The summed E-state index contributed by atoms with van der Waals surface area (Å²) >= 11 is 0. The van der Waals surface area contributed by atoms with Gasteiger partial charge in [0, 0.05) is 32.8 Å². The Morgan fingerprint density at radius 1 is 0.769 bits per heavy atom. The summed E-state index contributed by atoms with van der Waals surface area (Å²) in [5, 5.41) is 3.43. The van der Waals surface area contributed by atoms with Crippen molar-refractivity contribution in [2.24, 2.45) is 0 Å². The Bertz CT molecular complexity index is 691. The van der Waals surface area contributed by atoms with Crippen molar-refractivity contribution in [2.45, 2.75) is 39.8 Å². The minimum atomic E-state index is 1.01. The van der Waals surface area contributed by atoms with Crippen LogP contribution in [0.25, 0.3) is 11.1 Å². The van der Waals surface area contributed by atoms with Crippen molar-refractivity contribution < 1.29 is 0 Å². The van der Waals surface area contributed by atoms with Crippen LogP contribution in [0.2, 0.25) is 0 Å². The standard InChI is InChI=1S/C23H31N3/c1-18-20(15-25-12-3-4-13-25)7-5-9-22(18)23-10-6-8-21(19(23)2)16-26-14-11-24-17-26/h5-10,24H,3-4,11-17H2,1-2H3. The number of likely N-dealkylation sites (tertiary alicyclic amines) is 1. The molecule has 0 atom stereocenters. The zero-order chi connectivity index (χ0) is 17.9. The molecule has 0 aliphatic carbocycles. The number of benzene rings is 2. The molecule has 2 saturated heterocycles. The van der Waals surface area contributed by atoms with E-state index in [1.54, 1.807) is 0 Å². The first-order valence-electron chi connectivity index (χ1n) is 10.0. The molecule has 3 nitrogen and oxygen atoms in total. The topological polar surface area (TPSA) is 18.5 Å². The Hall–Kier alpha value is -1.68. The summed E-state index contributed by atoms with van der Waals surface area (Å²) < 4.78 is 0. The molecule has 0 bridgehead atoms. The van der Waals surface area contributed by atoms with Crippen molar-refractivity contribution in [2.75, 3.05) is 32.8 Å². The number of hydrogen-bond donors (Lipinski definition) is 1. The fraction of sp³-hybridized carbons (Fsp3) is 0.478. The smallest absolute Gasteiger partial charge is 0.0484 e. The summed E-state index contributed by atoms with van der Waals surface area (Å²) in [5.74, 6) is 0. The van der Waals surface area contributed by atoms with Crippen LogP contribution in [-0.4, -0.2) is 42.6 Å². The Balaban J connectivity index is 1.62. The van der Waals surface area contributed by atoms with E-state index in [1.165, 1.54) is 59.3 Å². The number of rotatable bonds is 5. The first-order chi connectivity index (χ1) is 12.7. The van der Waals surface area contributed by atoms with Crippen molar-refractivity contribution >= 4 is 0 Å². The highest BCUT2D eigenvalue weighted by atomic mass is 15.3. The molecule has 0 aromatic heterocycles. The van der Waals surface area contributed by atoms with Gasteiger partial charge in [0.25, 0.3) is 0 Å². The maximum Gasteiger partial charge on any atom is 0.0484 e. The van der Waals surface area contributed by atoms with Gasteiger partial charge in [-0.1, -0.05) is 36.4 Å². The van der Waals surface area contributed by atoms with Gasteiger partial charge in [-0.25, -0.2) is 0 Å². The minimum Gasteiger partial charge on any atom is -0.303 e. The monoisotopic (exact) mass is 349 g/mol. The van der Waals surface area contributed by atoms with Crippen molar-refractivity contribution in [3.8, 4) is 11.1 Å². The second kappa shape index (κ2) is 7.91. The second-order valence-electron chi connectivity index (χ2n) is 7.87. The molecule has 0 saturated carbocycles. The number of nitrogens with zero attached hydrogens (tertiary/aromatic N) is 2. The van der Waals surface area contributed by atoms with Crippen LogP contribution in [0.15, 0.2) is 36.4 Å². The molecule has 2 aliphatic heterocycles. The third-order valence-electron chi connectivity index (χ3n) is 6.11. The van der Waals surface area contributed by atoms with E-state index in [2.05, 4.69) is 65.4 Å². The predicted octanol–water partition coefficient (Wildman–Crippen LogP) is 3.93. The van der Waals surface area contributed by atoms with Crippen LogP contribution in [0, 0.1) is 13.8 Å². The molecule has 138 valence electrons. The van der Waals surface area contributed by atoms with Crippen molar-refractivity contribution in [1.29, 1.82) is 0 Å². The van der Waals surface area contributed by atoms with E-state index in [-0.39, 0.29) is 0 Å².